The Bertz CT molecular complexity index is 541. The summed E-state index contributed by atoms with van der Waals surface area (Å²) in [7, 11) is 0. The van der Waals surface area contributed by atoms with E-state index in [2.05, 4.69) is 10.2 Å². The van der Waals surface area contributed by atoms with Crippen molar-refractivity contribution >= 4 is 11.6 Å². The van der Waals surface area contributed by atoms with E-state index in [4.69, 9.17) is 26.2 Å². The van der Waals surface area contributed by atoms with Gasteiger partial charge in [-0.15, -0.1) is 10.2 Å². The Labute approximate surface area is 121 Å². The van der Waals surface area contributed by atoms with Crippen LogP contribution in [0.1, 0.15) is 5.89 Å². The van der Waals surface area contributed by atoms with E-state index in [1.165, 1.54) is 0 Å². The monoisotopic (exact) mass is 297 g/mol. The third-order valence-corrected chi connectivity index (χ3v) is 3.09. The van der Waals surface area contributed by atoms with E-state index in [-0.39, 0.29) is 13.2 Å². The van der Waals surface area contributed by atoms with E-state index in [0.29, 0.717) is 42.0 Å². The molecule has 0 saturated heterocycles. The topological polar surface area (TPSA) is 82.6 Å². The number of nitrogens with zero attached hydrogens (tertiary/aromatic N) is 3. The number of hydrogen-bond acceptors (Lipinski definition) is 6. The van der Waals surface area contributed by atoms with Crippen molar-refractivity contribution in [2.45, 2.75) is 6.54 Å². The van der Waals surface area contributed by atoms with Crippen LogP contribution in [0.5, 0.6) is 0 Å². The molecule has 7 heteroatoms. The quantitative estimate of drug-likeness (QED) is 0.798. The molecule has 0 radical (unpaired) electrons. The minimum Gasteiger partial charge on any atom is -0.419 e. The van der Waals surface area contributed by atoms with Gasteiger partial charge in [0.1, 0.15) is 0 Å². The summed E-state index contributed by atoms with van der Waals surface area (Å²) in [6.45, 7) is 1.25. The number of benzene rings is 1. The van der Waals surface area contributed by atoms with Crippen LogP contribution in [0, 0.1) is 0 Å². The van der Waals surface area contributed by atoms with Crippen LogP contribution < -0.4 is 0 Å². The zero-order valence-corrected chi connectivity index (χ0v) is 11.6. The Kier molecular flexibility index (Phi) is 5.49. The first kappa shape index (κ1) is 14.9. The fourth-order valence-electron chi connectivity index (χ4n) is 1.81. The molecule has 0 unspecified atom stereocenters. The summed E-state index contributed by atoms with van der Waals surface area (Å²) in [5, 5.41) is 26.4. The highest BCUT2D eigenvalue weighted by molar-refractivity contribution is 6.33. The highest BCUT2D eigenvalue weighted by Gasteiger charge is 2.14. The van der Waals surface area contributed by atoms with E-state index in [9.17, 15) is 0 Å². The molecule has 6 nitrogen and oxygen atoms in total. The normalized spacial score (nSPS) is 11.2. The van der Waals surface area contributed by atoms with Crippen molar-refractivity contribution in [1.82, 2.24) is 15.1 Å². The lowest BCUT2D eigenvalue weighted by Crippen LogP contribution is -2.29. The number of rotatable bonds is 7. The van der Waals surface area contributed by atoms with Gasteiger partial charge < -0.3 is 14.6 Å². The number of hydrogen-bond donors (Lipinski definition) is 2. The SMILES string of the molecule is OCCN(CCO)Cc1nnc(-c2ccccc2Cl)o1. The fourth-order valence-corrected chi connectivity index (χ4v) is 2.02. The lowest BCUT2D eigenvalue weighted by atomic mass is 10.2. The van der Waals surface area contributed by atoms with Crippen molar-refractivity contribution in [3.05, 3.63) is 35.2 Å². The van der Waals surface area contributed by atoms with Crippen molar-refractivity contribution < 1.29 is 14.6 Å². The Hall–Kier alpha value is -1.47. The zero-order chi connectivity index (χ0) is 14.4. The molecule has 0 amide bonds. The van der Waals surface area contributed by atoms with E-state index in [0.717, 1.165) is 0 Å². The summed E-state index contributed by atoms with van der Waals surface area (Å²) < 4.78 is 5.56. The average Bonchev–Trinajstić information content (AvgIpc) is 2.88. The molecule has 2 aromatic rings. The first-order valence-corrected chi connectivity index (χ1v) is 6.63. The summed E-state index contributed by atoms with van der Waals surface area (Å²) in [6.07, 6.45) is 0. The largest absolute Gasteiger partial charge is 0.419 e. The van der Waals surface area contributed by atoms with Gasteiger partial charge >= 0.3 is 0 Å². The number of aliphatic hydroxyl groups is 2. The molecule has 0 aliphatic carbocycles. The maximum Gasteiger partial charge on any atom is 0.249 e. The Morgan fingerprint density at radius 1 is 1.10 bits per heavy atom. The van der Waals surface area contributed by atoms with Gasteiger partial charge in [-0.3, -0.25) is 4.90 Å². The lowest BCUT2D eigenvalue weighted by Gasteiger charge is -2.17. The Balaban J connectivity index is 2.10. The van der Waals surface area contributed by atoms with Crippen LogP contribution in [0.4, 0.5) is 0 Å². The molecular weight excluding hydrogens is 282 g/mol. The molecule has 108 valence electrons. The maximum atomic E-state index is 8.95. The van der Waals surface area contributed by atoms with Gasteiger partial charge in [0, 0.05) is 13.1 Å². The summed E-state index contributed by atoms with van der Waals surface area (Å²) in [6, 6.07) is 7.23. The van der Waals surface area contributed by atoms with E-state index in [1.54, 1.807) is 12.1 Å². The first-order chi connectivity index (χ1) is 9.74. The van der Waals surface area contributed by atoms with Crippen molar-refractivity contribution in [2.24, 2.45) is 0 Å². The summed E-state index contributed by atoms with van der Waals surface area (Å²) >= 11 is 6.07. The molecular formula is C13H16ClN3O3. The second-order valence-electron chi connectivity index (χ2n) is 4.20. The molecule has 1 aromatic heterocycles. The predicted molar refractivity (Wildman–Crippen MR) is 74.2 cm³/mol. The van der Waals surface area contributed by atoms with Gasteiger partial charge in [-0.05, 0) is 12.1 Å². The first-order valence-electron chi connectivity index (χ1n) is 6.26. The standard InChI is InChI=1S/C13H16ClN3O3/c14-11-4-2-1-3-10(11)13-16-15-12(20-13)9-17(5-7-18)6-8-19/h1-4,18-19H,5-9H2. The number of aromatic nitrogens is 2. The molecule has 0 atom stereocenters. The second-order valence-corrected chi connectivity index (χ2v) is 4.61. The predicted octanol–water partition coefficient (Wildman–Crippen LogP) is 1.18. The summed E-state index contributed by atoms with van der Waals surface area (Å²) in [5.41, 5.74) is 0.684. The smallest absolute Gasteiger partial charge is 0.249 e. The molecule has 2 rings (SSSR count). The third kappa shape index (κ3) is 3.77. The van der Waals surface area contributed by atoms with E-state index < -0.39 is 0 Å². The Morgan fingerprint density at radius 3 is 2.45 bits per heavy atom. The number of halogens is 1. The van der Waals surface area contributed by atoms with E-state index in [1.807, 2.05) is 17.0 Å². The van der Waals surface area contributed by atoms with Crippen molar-refractivity contribution in [3.63, 3.8) is 0 Å². The van der Waals surface area contributed by atoms with Crippen LogP contribution in [0.25, 0.3) is 11.5 Å². The van der Waals surface area contributed by atoms with Crippen molar-refractivity contribution in [3.8, 4) is 11.5 Å². The molecule has 1 heterocycles. The Morgan fingerprint density at radius 2 is 1.80 bits per heavy atom. The van der Waals surface area contributed by atoms with Crippen LogP contribution >= 0.6 is 11.6 Å². The van der Waals surface area contributed by atoms with Gasteiger partial charge in [0.05, 0.1) is 30.3 Å². The maximum absolute atomic E-state index is 8.95. The van der Waals surface area contributed by atoms with Gasteiger partial charge in [-0.2, -0.15) is 0 Å². The molecule has 20 heavy (non-hydrogen) atoms. The van der Waals surface area contributed by atoms with Crippen LogP contribution in [-0.4, -0.2) is 51.6 Å². The van der Waals surface area contributed by atoms with Crippen LogP contribution in [0.2, 0.25) is 5.02 Å². The lowest BCUT2D eigenvalue weighted by molar-refractivity contribution is 0.147. The highest BCUT2D eigenvalue weighted by atomic mass is 35.5. The van der Waals surface area contributed by atoms with Gasteiger partial charge in [0.25, 0.3) is 0 Å². The van der Waals surface area contributed by atoms with Gasteiger partial charge in [0.15, 0.2) is 0 Å². The fraction of sp³-hybridized carbons (Fsp3) is 0.385. The molecule has 0 spiro atoms. The summed E-state index contributed by atoms with van der Waals surface area (Å²) in [4.78, 5) is 1.82. The van der Waals surface area contributed by atoms with Gasteiger partial charge in [0.2, 0.25) is 11.8 Å². The van der Waals surface area contributed by atoms with Crippen molar-refractivity contribution in [1.29, 1.82) is 0 Å². The molecule has 0 fully saturated rings. The van der Waals surface area contributed by atoms with Gasteiger partial charge in [-0.25, -0.2) is 0 Å². The average molecular weight is 298 g/mol. The third-order valence-electron chi connectivity index (χ3n) is 2.76. The van der Waals surface area contributed by atoms with Gasteiger partial charge in [-0.1, -0.05) is 23.7 Å². The summed E-state index contributed by atoms with van der Waals surface area (Å²) in [5.74, 6) is 0.778. The van der Waals surface area contributed by atoms with Crippen molar-refractivity contribution in [2.75, 3.05) is 26.3 Å². The molecule has 0 saturated carbocycles. The minimum atomic E-state index is 0.00546. The minimum absolute atomic E-state index is 0.00546. The zero-order valence-electron chi connectivity index (χ0n) is 10.9. The van der Waals surface area contributed by atoms with Crippen LogP contribution in [-0.2, 0) is 6.54 Å². The molecule has 1 aromatic carbocycles. The second kappa shape index (κ2) is 7.35. The van der Waals surface area contributed by atoms with Crippen LogP contribution in [0.15, 0.2) is 28.7 Å². The number of aliphatic hydroxyl groups excluding tert-OH is 2. The van der Waals surface area contributed by atoms with E-state index >= 15 is 0 Å². The molecule has 0 aliphatic rings. The molecule has 0 bridgehead atoms. The molecule has 2 N–H and O–H groups in total. The van der Waals surface area contributed by atoms with Crippen LogP contribution in [0.3, 0.4) is 0 Å². The molecule has 0 aliphatic heterocycles. The highest BCUT2D eigenvalue weighted by Crippen LogP contribution is 2.26.